The Bertz CT molecular complexity index is 942. The van der Waals surface area contributed by atoms with Crippen LogP contribution in [-0.4, -0.2) is 17.9 Å². The Labute approximate surface area is 157 Å². The lowest BCUT2D eigenvalue weighted by Gasteiger charge is -2.09. The number of anilines is 1. The number of ether oxygens (including phenoxy) is 1. The van der Waals surface area contributed by atoms with Crippen molar-refractivity contribution < 1.29 is 14.5 Å². The van der Waals surface area contributed by atoms with Crippen LogP contribution in [0.25, 0.3) is 6.08 Å². The number of carbonyl (C=O) groups excluding carboxylic acids is 1. The first kappa shape index (κ1) is 19.7. The van der Waals surface area contributed by atoms with E-state index < -0.39 is 10.8 Å². The first-order valence-corrected chi connectivity index (χ1v) is 8.21. The molecule has 7 nitrogen and oxygen atoms in total. The molecule has 2 rings (SSSR count). The molecule has 7 heteroatoms. The molecule has 138 valence electrons. The molecule has 2 aromatic rings. The Morgan fingerprint density at radius 1 is 1.30 bits per heavy atom. The number of methoxy groups -OCH3 is 1. The van der Waals surface area contributed by atoms with E-state index in [0.29, 0.717) is 22.6 Å². The number of nitro benzene ring substituents is 1. The number of carbonyl (C=O) groups is 1. The van der Waals surface area contributed by atoms with Crippen LogP contribution < -0.4 is 10.1 Å². The van der Waals surface area contributed by atoms with E-state index in [0.717, 1.165) is 0 Å². The van der Waals surface area contributed by atoms with E-state index in [2.05, 4.69) is 5.32 Å². The second-order valence-electron chi connectivity index (χ2n) is 6.05. The monoisotopic (exact) mass is 365 g/mol. The van der Waals surface area contributed by atoms with Gasteiger partial charge >= 0.3 is 0 Å². The molecule has 0 fully saturated rings. The van der Waals surface area contributed by atoms with E-state index in [1.165, 1.54) is 19.3 Å². The van der Waals surface area contributed by atoms with Gasteiger partial charge in [-0.1, -0.05) is 38.1 Å². The molecule has 0 saturated carbocycles. The number of hydrogen-bond donors (Lipinski definition) is 1. The van der Waals surface area contributed by atoms with Crippen LogP contribution in [0.15, 0.2) is 48.0 Å². The SMILES string of the molecule is COc1ccccc1NC(=O)/C(C#N)=C/c1ccc(C(C)C)c([N+](=O)[O-])c1. The Hall–Kier alpha value is -3.66. The molecule has 0 aliphatic heterocycles. The zero-order valence-electron chi connectivity index (χ0n) is 15.2. The summed E-state index contributed by atoms with van der Waals surface area (Å²) < 4.78 is 5.16. The van der Waals surface area contributed by atoms with Crippen molar-refractivity contribution in [2.24, 2.45) is 0 Å². The van der Waals surface area contributed by atoms with Crippen molar-refractivity contribution in [3.8, 4) is 11.8 Å². The highest BCUT2D eigenvalue weighted by molar-refractivity contribution is 6.10. The number of para-hydroxylation sites is 2. The van der Waals surface area contributed by atoms with Crippen LogP contribution in [0.3, 0.4) is 0 Å². The Morgan fingerprint density at radius 2 is 2.00 bits per heavy atom. The quantitative estimate of drug-likeness (QED) is 0.356. The molecule has 0 unspecified atom stereocenters. The van der Waals surface area contributed by atoms with Crippen molar-refractivity contribution in [3.63, 3.8) is 0 Å². The number of nitriles is 1. The zero-order valence-corrected chi connectivity index (χ0v) is 15.2. The van der Waals surface area contributed by atoms with Gasteiger partial charge in [0.1, 0.15) is 17.4 Å². The lowest BCUT2D eigenvalue weighted by Crippen LogP contribution is -2.14. The molecule has 0 aromatic heterocycles. The van der Waals surface area contributed by atoms with Gasteiger partial charge in [0.15, 0.2) is 0 Å². The summed E-state index contributed by atoms with van der Waals surface area (Å²) in [5, 5.41) is 23.3. The lowest BCUT2D eigenvalue weighted by molar-refractivity contribution is -0.385. The average Bonchev–Trinajstić information content (AvgIpc) is 2.66. The molecule has 2 aromatic carbocycles. The highest BCUT2D eigenvalue weighted by atomic mass is 16.6. The minimum atomic E-state index is -0.627. The van der Waals surface area contributed by atoms with Crippen molar-refractivity contribution in [1.29, 1.82) is 5.26 Å². The molecular weight excluding hydrogens is 346 g/mol. The van der Waals surface area contributed by atoms with Gasteiger partial charge in [-0.3, -0.25) is 14.9 Å². The predicted octanol–water partition coefficient (Wildman–Crippen LogP) is 4.27. The van der Waals surface area contributed by atoms with E-state index in [1.807, 2.05) is 19.9 Å². The van der Waals surface area contributed by atoms with Crippen LogP contribution in [-0.2, 0) is 4.79 Å². The summed E-state index contributed by atoms with van der Waals surface area (Å²) in [4.78, 5) is 23.3. The fourth-order valence-corrected chi connectivity index (χ4v) is 2.55. The third-order valence-corrected chi connectivity index (χ3v) is 3.90. The Morgan fingerprint density at radius 3 is 2.59 bits per heavy atom. The van der Waals surface area contributed by atoms with Gasteiger partial charge in [-0.2, -0.15) is 5.26 Å². The molecular formula is C20H19N3O4. The molecule has 27 heavy (non-hydrogen) atoms. The second kappa shape index (κ2) is 8.63. The highest BCUT2D eigenvalue weighted by Gasteiger charge is 2.18. The first-order chi connectivity index (χ1) is 12.9. The van der Waals surface area contributed by atoms with E-state index >= 15 is 0 Å². The van der Waals surface area contributed by atoms with E-state index in [9.17, 15) is 20.2 Å². The number of nitrogens with zero attached hydrogens (tertiary/aromatic N) is 2. The number of nitrogens with one attached hydrogen (secondary N) is 1. The number of hydrogen-bond acceptors (Lipinski definition) is 5. The van der Waals surface area contributed by atoms with Crippen LogP contribution in [0.1, 0.15) is 30.9 Å². The number of rotatable bonds is 6. The topological polar surface area (TPSA) is 105 Å². The molecule has 0 aliphatic rings. The van der Waals surface area contributed by atoms with Gasteiger partial charge in [-0.25, -0.2) is 0 Å². The average molecular weight is 365 g/mol. The molecule has 0 radical (unpaired) electrons. The predicted molar refractivity (Wildman–Crippen MR) is 102 cm³/mol. The summed E-state index contributed by atoms with van der Waals surface area (Å²) >= 11 is 0. The van der Waals surface area contributed by atoms with E-state index in [4.69, 9.17) is 4.74 Å². The Balaban J connectivity index is 2.35. The maximum atomic E-state index is 12.4. The third kappa shape index (κ3) is 4.70. The highest BCUT2D eigenvalue weighted by Crippen LogP contribution is 2.28. The minimum Gasteiger partial charge on any atom is -0.495 e. The van der Waals surface area contributed by atoms with E-state index in [-0.39, 0.29) is 17.2 Å². The fraction of sp³-hybridized carbons (Fsp3) is 0.200. The first-order valence-electron chi connectivity index (χ1n) is 8.21. The molecule has 0 heterocycles. The molecule has 0 atom stereocenters. The minimum absolute atomic E-state index is 0.0206. The molecule has 1 amide bonds. The van der Waals surface area contributed by atoms with E-state index in [1.54, 1.807) is 36.4 Å². The normalized spacial score (nSPS) is 11.0. The standard InChI is InChI=1S/C20H19N3O4/c1-13(2)16-9-8-14(11-18(16)23(25)26)10-15(12-21)20(24)22-17-6-4-5-7-19(17)27-3/h4-11,13H,1-3H3,(H,22,24)/b15-10+. The van der Waals surface area contributed by atoms with Gasteiger partial charge in [-0.15, -0.1) is 0 Å². The smallest absolute Gasteiger partial charge is 0.273 e. The van der Waals surface area contributed by atoms with Crippen LogP contribution in [0.2, 0.25) is 0 Å². The van der Waals surface area contributed by atoms with Gasteiger partial charge in [0.05, 0.1) is 17.7 Å². The number of benzene rings is 2. The molecule has 0 aliphatic carbocycles. The van der Waals surface area contributed by atoms with Gasteiger partial charge < -0.3 is 10.1 Å². The largest absolute Gasteiger partial charge is 0.495 e. The molecule has 0 spiro atoms. The van der Waals surface area contributed by atoms with Crippen molar-refractivity contribution in [2.45, 2.75) is 19.8 Å². The maximum absolute atomic E-state index is 12.4. The molecule has 0 bridgehead atoms. The van der Waals surface area contributed by atoms with Gasteiger partial charge in [0.2, 0.25) is 0 Å². The number of nitro groups is 1. The van der Waals surface area contributed by atoms with Gasteiger partial charge in [0.25, 0.3) is 11.6 Å². The van der Waals surface area contributed by atoms with Crippen LogP contribution in [0.4, 0.5) is 11.4 Å². The van der Waals surface area contributed by atoms with Crippen molar-refractivity contribution in [3.05, 3.63) is 69.3 Å². The van der Waals surface area contributed by atoms with Crippen LogP contribution in [0.5, 0.6) is 5.75 Å². The fourth-order valence-electron chi connectivity index (χ4n) is 2.55. The lowest BCUT2D eigenvalue weighted by atomic mass is 9.98. The Kier molecular flexibility index (Phi) is 6.28. The van der Waals surface area contributed by atoms with Gasteiger partial charge in [-0.05, 0) is 29.7 Å². The summed E-state index contributed by atoms with van der Waals surface area (Å²) in [6, 6.07) is 13.3. The van der Waals surface area contributed by atoms with Crippen molar-refractivity contribution in [2.75, 3.05) is 12.4 Å². The maximum Gasteiger partial charge on any atom is 0.273 e. The number of amides is 1. The summed E-state index contributed by atoms with van der Waals surface area (Å²) in [6.07, 6.45) is 1.32. The summed E-state index contributed by atoms with van der Waals surface area (Å²) in [7, 11) is 1.47. The van der Waals surface area contributed by atoms with Crippen molar-refractivity contribution in [1.82, 2.24) is 0 Å². The summed E-state index contributed by atoms with van der Waals surface area (Å²) in [5.74, 6) is -0.189. The third-order valence-electron chi connectivity index (χ3n) is 3.90. The van der Waals surface area contributed by atoms with Crippen LogP contribution >= 0.6 is 0 Å². The zero-order chi connectivity index (χ0) is 20.0. The molecule has 1 N–H and O–H groups in total. The summed E-state index contributed by atoms with van der Waals surface area (Å²) in [6.45, 7) is 3.72. The summed E-state index contributed by atoms with van der Waals surface area (Å²) in [5.41, 5.74) is 1.20. The van der Waals surface area contributed by atoms with Gasteiger partial charge in [0, 0.05) is 11.6 Å². The molecule has 0 saturated heterocycles. The van der Waals surface area contributed by atoms with Crippen molar-refractivity contribution >= 4 is 23.4 Å². The van der Waals surface area contributed by atoms with Crippen LogP contribution in [0, 0.1) is 21.4 Å². The second-order valence-corrected chi connectivity index (χ2v) is 6.05.